The quantitative estimate of drug-likeness (QED) is 0.155. The molecular weight excluding hydrogens is 971 g/mol. The third-order valence-corrected chi connectivity index (χ3v) is 10.2. The molecule has 1 atom stereocenters. The van der Waals surface area contributed by atoms with E-state index in [1.54, 1.807) is 13.8 Å². The Morgan fingerprint density at radius 1 is 0.409 bits per heavy atom. The van der Waals surface area contributed by atoms with Crippen molar-refractivity contribution in [2.45, 2.75) is 126 Å². The Hall–Kier alpha value is -4.49. The number of hydrogen-bond acceptors (Lipinski definition) is 2. The van der Waals surface area contributed by atoms with Gasteiger partial charge < -0.3 is 9.80 Å². The second-order valence-corrected chi connectivity index (χ2v) is 15.7. The molecule has 0 spiro atoms. The first-order chi connectivity index (χ1) is 29.1. The van der Waals surface area contributed by atoms with Crippen molar-refractivity contribution in [1.29, 1.82) is 0 Å². The SMILES string of the molecule is Cc1cc(/C=C/C(F)(F)C(F)(F)C(F)(F)C(F)(F)C(F)(F)C(C)(F)F)cc(C)c1N1C=CN(c2c(C)cc(/C=C/C(F)(F)C(F)(F)C(F)(F)C(F)(F)C(F)(F)C(F)(F)F)cc2C)C1C(C)C. The molecule has 0 saturated carbocycles. The molecule has 0 bridgehead atoms. The van der Waals surface area contributed by atoms with E-state index < -0.39 is 114 Å². The first-order valence-electron chi connectivity index (χ1n) is 18.2. The highest BCUT2D eigenvalue weighted by Gasteiger charge is 2.91. The monoisotopic (exact) mass is 1000 g/mol. The van der Waals surface area contributed by atoms with Crippen LogP contribution in [0, 0.1) is 33.6 Å². The summed E-state index contributed by atoms with van der Waals surface area (Å²) in [5.74, 6) is -81.1. The molecule has 0 fully saturated rings. The average molecular weight is 1000 g/mol. The average Bonchev–Trinajstić information content (AvgIpc) is 3.55. The molecule has 1 unspecified atom stereocenters. The normalized spacial score (nSPS) is 17.4. The maximum atomic E-state index is 14.6. The van der Waals surface area contributed by atoms with Crippen LogP contribution in [0.25, 0.3) is 12.2 Å². The minimum atomic E-state index is -8.09. The Labute approximate surface area is 357 Å². The number of benzene rings is 2. The van der Waals surface area contributed by atoms with Crippen molar-refractivity contribution in [3.63, 3.8) is 0 Å². The van der Waals surface area contributed by atoms with Gasteiger partial charge in [0, 0.05) is 30.7 Å². The number of allylic oxidation sites excluding steroid dienone is 2. The molecule has 1 aliphatic heterocycles. The lowest BCUT2D eigenvalue weighted by Gasteiger charge is -2.40. The topological polar surface area (TPSA) is 6.48 Å². The molecule has 0 aromatic heterocycles. The van der Waals surface area contributed by atoms with Crippen LogP contribution in [0.5, 0.6) is 0 Å². The van der Waals surface area contributed by atoms with Crippen LogP contribution in [0.3, 0.4) is 0 Å². The number of nitrogens with zero attached hydrogens (tertiary/aromatic N) is 2. The van der Waals surface area contributed by atoms with Crippen LogP contribution >= 0.6 is 0 Å². The van der Waals surface area contributed by atoms with Gasteiger partial charge in [0.05, 0.1) is 0 Å². The molecule has 3 rings (SSSR count). The lowest BCUT2D eigenvalue weighted by molar-refractivity contribution is -0.436. The zero-order valence-corrected chi connectivity index (χ0v) is 34.3. The molecular formula is C39H33F25N2. The zero-order valence-electron chi connectivity index (χ0n) is 34.3. The fraction of sp³-hybridized carbons (Fsp3) is 0.538. The standard InChI is InChI=1S/C39H33F25N2/c1-18(2)27-65(25-19(3)14-23(15-20(25)4)8-10-29(42,43)32(48,49)35(54,55)34(52,53)31(46,47)28(7,40)41)12-13-66(27)26-21(5)16-24(17-22(26)6)9-11-30(44,45)33(50,51)36(56,57)37(58,59)38(60,61)39(62,63)64/h8-18,27H,1-7H3/b10-8+,11-9+. The fourth-order valence-electron chi connectivity index (χ4n) is 6.77. The summed E-state index contributed by atoms with van der Waals surface area (Å²) >= 11 is 0. The van der Waals surface area contributed by atoms with E-state index in [1.807, 2.05) is 0 Å². The van der Waals surface area contributed by atoms with Crippen molar-refractivity contribution in [2.24, 2.45) is 5.92 Å². The molecule has 374 valence electrons. The minimum Gasteiger partial charge on any atom is -0.325 e. The van der Waals surface area contributed by atoms with Gasteiger partial charge >= 0.3 is 71.3 Å². The summed E-state index contributed by atoms with van der Waals surface area (Å²) in [7, 11) is 0. The van der Waals surface area contributed by atoms with E-state index in [0.29, 0.717) is 0 Å². The van der Waals surface area contributed by atoms with Gasteiger partial charge in [0.15, 0.2) is 0 Å². The number of aryl methyl sites for hydroxylation is 4. The van der Waals surface area contributed by atoms with Gasteiger partial charge in [0.25, 0.3) is 0 Å². The van der Waals surface area contributed by atoms with E-state index >= 15 is 0 Å². The Morgan fingerprint density at radius 3 is 0.909 bits per heavy atom. The van der Waals surface area contributed by atoms with Crippen molar-refractivity contribution < 1.29 is 110 Å². The summed E-state index contributed by atoms with van der Waals surface area (Å²) in [6.45, 7) is 7.41. The summed E-state index contributed by atoms with van der Waals surface area (Å²) in [4.78, 5) is 3.03. The van der Waals surface area contributed by atoms with E-state index in [0.717, 1.165) is 24.3 Å². The third-order valence-electron chi connectivity index (χ3n) is 10.2. The van der Waals surface area contributed by atoms with Gasteiger partial charge in [-0.05, 0) is 103 Å². The van der Waals surface area contributed by atoms with Gasteiger partial charge in [-0.2, -0.15) is 110 Å². The predicted octanol–water partition coefficient (Wildman–Crippen LogP) is 15.3. The van der Waals surface area contributed by atoms with Gasteiger partial charge in [0.1, 0.15) is 6.17 Å². The van der Waals surface area contributed by atoms with Crippen LogP contribution in [0.15, 0.2) is 48.8 Å². The largest absolute Gasteiger partial charge is 0.460 e. The third kappa shape index (κ3) is 8.53. The van der Waals surface area contributed by atoms with Gasteiger partial charge in [-0.25, -0.2) is 0 Å². The summed E-state index contributed by atoms with van der Waals surface area (Å²) < 4.78 is 344. The lowest BCUT2D eigenvalue weighted by atomic mass is 9.91. The first-order valence-corrected chi connectivity index (χ1v) is 18.2. The molecule has 0 aliphatic carbocycles. The first kappa shape index (κ1) is 55.8. The van der Waals surface area contributed by atoms with Crippen LogP contribution in [-0.4, -0.2) is 77.5 Å². The molecule has 1 aliphatic rings. The van der Waals surface area contributed by atoms with Crippen LogP contribution < -0.4 is 9.80 Å². The maximum absolute atomic E-state index is 14.6. The van der Waals surface area contributed by atoms with Crippen molar-refractivity contribution >= 4 is 23.5 Å². The number of anilines is 2. The van der Waals surface area contributed by atoms with Crippen LogP contribution in [0.4, 0.5) is 121 Å². The summed E-state index contributed by atoms with van der Waals surface area (Å²) in [5, 5.41) is 0. The van der Waals surface area contributed by atoms with Crippen LogP contribution in [0.2, 0.25) is 0 Å². The number of alkyl halides is 25. The van der Waals surface area contributed by atoms with Crippen molar-refractivity contribution in [1.82, 2.24) is 0 Å². The Kier molecular flexibility index (Phi) is 14.1. The van der Waals surface area contributed by atoms with Crippen LogP contribution in [-0.2, 0) is 0 Å². The second kappa shape index (κ2) is 16.6. The summed E-state index contributed by atoms with van der Waals surface area (Å²) in [6, 6.07) is 3.86. The predicted molar refractivity (Wildman–Crippen MR) is 189 cm³/mol. The maximum Gasteiger partial charge on any atom is 0.460 e. The molecule has 2 aromatic rings. The van der Waals surface area contributed by atoms with E-state index in [1.165, 1.54) is 49.9 Å². The van der Waals surface area contributed by atoms with Gasteiger partial charge in [-0.1, -0.05) is 26.0 Å². The molecule has 27 heteroatoms. The Bertz CT molecular complexity index is 2010. The fourth-order valence-corrected chi connectivity index (χ4v) is 6.77. The highest BCUT2D eigenvalue weighted by Crippen LogP contribution is 2.62. The van der Waals surface area contributed by atoms with E-state index in [-0.39, 0.29) is 45.8 Å². The zero-order chi connectivity index (χ0) is 52.0. The molecule has 0 saturated heterocycles. The molecule has 2 nitrogen and oxygen atoms in total. The Morgan fingerprint density at radius 2 is 0.667 bits per heavy atom. The summed E-state index contributed by atoms with van der Waals surface area (Å²) in [5.41, 5.74) is -0.261. The van der Waals surface area contributed by atoms with E-state index in [9.17, 15) is 110 Å². The summed E-state index contributed by atoms with van der Waals surface area (Å²) in [6.07, 6.45) is -7.79. The molecule has 0 amide bonds. The van der Waals surface area contributed by atoms with Crippen molar-refractivity contribution in [3.8, 4) is 0 Å². The smallest absolute Gasteiger partial charge is 0.325 e. The Balaban J connectivity index is 1.99. The molecule has 2 aromatic carbocycles. The number of rotatable bonds is 16. The number of halogens is 25. The highest BCUT2D eigenvalue weighted by atomic mass is 19.4. The number of hydrogen-bond donors (Lipinski definition) is 0. The highest BCUT2D eigenvalue weighted by molar-refractivity contribution is 5.73. The second-order valence-electron chi connectivity index (χ2n) is 15.7. The van der Waals surface area contributed by atoms with Crippen molar-refractivity contribution in [3.05, 3.63) is 82.2 Å². The van der Waals surface area contributed by atoms with Crippen LogP contribution in [0.1, 0.15) is 54.2 Å². The van der Waals surface area contributed by atoms with Gasteiger partial charge in [0.2, 0.25) is 0 Å². The molecule has 1 heterocycles. The lowest BCUT2D eigenvalue weighted by Crippen LogP contribution is -2.70. The van der Waals surface area contributed by atoms with E-state index in [2.05, 4.69) is 0 Å². The van der Waals surface area contributed by atoms with Crippen molar-refractivity contribution in [2.75, 3.05) is 9.80 Å². The molecule has 0 radical (unpaired) electrons. The van der Waals surface area contributed by atoms with E-state index in [4.69, 9.17) is 0 Å². The minimum absolute atomic E-state index is 0.0253. The van der Waals surface area contributed by atoms with Gasteiger partial charge in [-0.3, -0.25) is 0 Å². The van der Waals surface area contributed by atoms with Gasteiger partial charge in [-0.15, -0.1) is 0 Å². The molecule has 0 N–H and O–H groups in total. The molecule has 66 heavy (non-hydrogen) atoms.